The average molecular weight is 789 g/mol. The van der Waals surface area contributed by atoms with Crippen molar-refractivity contribution in [2.24, 2.45) is 5.41 Å². The molecule has 56 heavy (non-hydrogen) atoms. The molecule has 1 unspecified atom stereocenters. The first kappa shape index (κ1) is 43.1. The molecule has 0 spiro atoms. The molecular weight excluding hydrogens is 729 g/mol. The fraction of sp³-hybridized carbons (Fsp3) is 0.571. The molecule has 2 fully saturated rings. The highest BCUT2D eigenvalue weighted by Gasteiger charge is 2.41. The molecule has 5 rings (SSSR count). The molecular formula is C42H60N8O5S. The van der Waals surface area contributed by atoms with Crippen LogP contribution in [-0.4, -0.2) is 109 Å². The third-order valence-electron chi connectivity index (χ3n) is 11.0. The van der Waals surface area contributed by atoms with Crippen LogP contribution >= 0.6 is 11.3 Å². The second-order valence-corrected chi connectivity index (χ2v) is 16.0. The third-order valence-corrected chi connectivity index (χ3v) is 11.7. The number of likely N-dealkylation sites (N-methyl/N-ethyl adjacent to an activating group) is 1. The fourth-order valence-corrected chi connectivity index (χ4v) is 8.32. The molecule has 0 radical (unpaired) electrons. The number of pyridine rings is 1. The molecule has 2 aromatic heterocycles. The number of aldehydes is 2. The lowest BCUT2D eigenvalue weighted by molar-refractivity contribution is -0.134. The lowest BCUT2D eigenvalue weighted by atomic mass is 9.70. The van der Waals surface area contributed by atoms with Gasteiger partial charge in [0.05, 0.1) is 24.7 Å². The highest BCUT2D eigenvalue weighted by Crippen LogP contribution is 2.40. The number of likely N-dealkylation sites (tertiary alicyclic amines) is 1. The Morgan fingerprint density at radius 1 is 1.07 bits per heavy atom. The summed E-state index contributed by atoms with van der Waals surface area (Å²) in [6.45, 7) is 7.38. The van der Waals surface area contributed by atoms with E-state index in [9.17, 15) is 19.2 Å². The SMILES string of the molecule is CCCC(C=O)N(C)Cc1c(C=O)cccc1NC(=O)CCNCCOCCN1CCC(NC(=O)C2(Cc3cccc(Nc4nccs4)n3)CCCCC2)CC1. The van der Waals surface area contributed by atoms with Crippen LogP contribution in [0.5, 0.6) is 0 Å². The number of carbonyl (C=O) groups excluding carboxylic acids is 4. The minimum absolute atomic E-state index is 0.151. The van der Waals surface area contributed by atoms with Crippen molar-refractivity contribution in [2.45, 2.75) is 96.2 Å². The van der Waals surface area contributed by atoms with Gasteiger partial charge in [0.1, 0.15) is 18.4 Å². The zero-order chi connectivity index (χ0) is 39.6. The number of hydrogen-bond donors (Lipinski definition) is 4. The van der Waals surface area contributed by atoms with E-state index in [1.165, 1.54) is 17.8 Å². The van der Waals surface area contributed by atoms with Crippen LogP contribution < -0.4 is 21.3 Å². The van der Waals surface area contributed by atoms with Crippen molar-refractivity contribution in [1.82, 2.24) is 30.4 Å². The number of carbonyl (C=O) groups is 4. The molecule has 13 nitrogen and oxygen atoms in total. The molecule has 0 bridgehead atoms. The Morgan fingerprint density at radius 3 is 2.61 bits per heavy atom. The van der Waals surface area contributed by atoms with Crippen molar-refractivity contribution >= 4 is 52.4 Å². The van der Waals surface area contributed by atoms with Gasteiger partial charge in [0.2, 0.25) is 11.8 Å². The molecule has 3 heterocycles. The maximum absolute atomic E-state index is 13.9. The molecule has 1 aliphatic heterocycles. The van der Waals surface area contributed by atoms with E-state index < -0.39 is 5.41 Å². The van der Waals surface area contributed by atoms with Gasteiger partial charge in [-0.25, -0.2) is 9.97 Å². The van der Waals surface area contributed by atoms with Gasteiger partial charge in [0.25, 0.3) is 0 Å². The number of hydrogen-bond acceptors (Lipinski definition) is 12. The average Bonchev–Trinajstić information content (AvgIpc) is 3.72. The van der Waals surface area contributed by atoms with Crippen molar-refractivity contribution in [2.75, 3.05) is 63.6 Å². The number of aromatic nitrogens is 2. The summed E-state index contributed by atoms with van der Waals surface area (Å²) >= 11 is 1.53. The second kappa shape index (κ2) is 22.6. The van der Waals surface area contributed by atoms with Crippen LogP contribution in [0.15, 0.2) is 48.0 Å². The monoisotopic (exact) mass is 788 g/mol. The smallest absolute Gasteiger partial charge is 0.226 e. The van der Waals surface area contributed by atoms with Crippen LogP contribution in [0.1, 0.15) is 92.7 Å². The predicted molar refractivity (Wildman–Crippen MR) is 221 cm³/mol. The number of amides is 2. The molecule has 2 aliphatic rings. The molecule has 1 saturated carbocycles. The van der Waals surface area contributed by atoms with E-state index in [1.54, 1.807) is 24.4 Å². The van der Waals surface area contributed by atoms with Crippen molar-refractivity contribution < 1.29 is 23.9 Å². The molecule has 3 aromatic rings. The van der Waals surface area contributed by atoms with Gasteiger partial charge in [-0.15, -0.1) is 11.3 Å². The van der Waals surface area contributed by atoms with Gasteiger partial charge in [-0.2, -0.15) is 0 Å². The highest BCUT2D eigenvalue weighted by molar-refractivity contribution is 7.13. The molecule has 1 aliphatic carbocycles. The quantitative estimate of drug-likeness (QED) is 0.0701. The Balaban J connectivity index is 0.959. The van der Waals surface area contributed by atoms with E-state index in [4.69, 9.17) is 9.72 Å². The van der Waals surface area contributed by atoms with Crippen LogP contribution in [0.3, 0.4) is 0 Å². The number of ether oxygens (including phenoxy) is 1. The Hall–Kier alpha value is -4.08. The number of benzene rings is 1. The van der Waals surface area contributed by atoms with Gasteiger partial charge < -0.3 is 35.7 Å². The first-order chi connectivity index (χ1) is 27.3. The van der Waals surface area contributed by atoms with E-state index in [0.29, 0.717) is 56.1 Å². The van der Waals surface area contributed by atoms with E-state index in [0.717, 1.165) is 100 Å². The zero-order valence-corrected chi connectivity index (χ0v) is 33.9. The minimum atomic E-state index is -0.422. The molecule has 4 N–H and O–H groups in total. The Morgan fingerprint density at radius 2 is 1.88 bits per heavy atom. The van der Waals surface area contributed by atoms with Crippen molar-refractivity contribution in [3.63, 3.8) is 0 Å². The predicted octanol–water partition coefficient (Wildman–Crippen LogP) is 5.60. The number of nitrogens with one attached hydrogen (secondary N) is 4. The summed E-state index contributed by atoms with van der Waals surface area (Å²) < 4.78 is 5.89. The van der Waals surface area contributed by atoms with Crippen LogP contribution in [0.2, 0.25) is 0 Å². The van der Waals surface area contributed by atoms with E-state index in [2.05, 4.69) is 31.2 Å². The number of piperidine rings is 1. The summed E-state index contributed by atoms with van der Waals surface area (Å²) in [5.74, 6) is 0.784. The normalized spacial score (nSPS) is 16.6. The van der Waals surface area contributed by atoms with Gasteiger partial charge in [0, 0.05) is 92.2 Å². The Bertz CT molecular complexity index is 1680. The second-order valence-electron chi connectivity index (χ2n) is 15.1. The number of rotatable bonds is 23. The standard InChI is InChI=1S/C42H60N8O5S/c1-3-9-35(31-52)49(2)29-36-32(30-51)10-7-12-37(36)47-39(53)14-19-43-20-25-55-26-24-50-22-15-33(16-23-50)46-40(54)42(17-5-4-6-18-42)28-34-11-8-13-38(45-34)48-41-44-21-27-56-41/h7-8,10-13,21,27,30-31,33,35,43H,3-6,9,14-20,22-26,28-29H2,1-2H3,(H,46,54)(H,47,53)(H,44,45,48). The highest BCUT2D eigenvalue weighted by atomic mass is 32.1. The minimum Gasteiger partial charge on any atom is -0.379 e. The Labute approximate surface area is 335 Å². The van der Waals surface area contributed by atoms with Gasteiger partial charge >= 0.3 is 0 Å². The van der Waals surface area contributed by atoms with Crippen molar-refractivity contribution in [3.05, 3.63) is 64.8 Å². The van der Waals surface area contributed by atoms with E-state index in [-0.39, 0.29) is 30.3 Å². The number of nitrogens with zero attached hydrogens (tertiary/aromatic N) is 4. The zero-order valence-electron chi connectivity index (χ0n) is 33.1. The number of anilines is 3. The Kier molecular flexibility index (Phi) is 17.4. The topological polar surface area (TPSA) is 158 Å². The van der Waals surface area contributed by atoms with Crippen LogP contribution in [-0.2, 0) is 32.1 Å². The molecule has 1 saturated heterocycles. The van der Waals surface area contributed by atoms with Gasteiger partial charge in [-0.1, -0.05) is 50.8 Å². The fourth-order valence-electron chi connectivity index (χ4n) is 7.78. The molecule has 1 aromatic carbocycles. The maximum Gasteiger partial charge on any atom is 0.226 e. The molecule has 304 valence electrons. The lowest BCUT2D eigenvalue weighted by Gasteiger charge is -2.39. The van der Waals surface area contributed by atoms with E-state index in [1.807, 2.05) is 42.5 Å². The summed E-state index contributed by atoms with van der Waals surface area (Å²) in [5, 5.41) is 15.7. The summed E-state index contributed by atoms with van der Waals surface area (Å²) in [6, 6.07) is 11.2. The summed E-state index contributed by atoms with van der Waals surface area (Å²) in [6.07, 6.45) is 12.9. The van der Waals surface area contributed by atoms with Crippen molar-refractivity contribution in [1.29, 1.82) is 0 Å². The van der Waals surface area contributed by atoms with Gasteiger partial charge in [-0.05, 0) is 57.4 Å². The number of thiazole rings is 1. The van der Waals surface area contributed by atoms with Crippen LogP contribution in [0.25, 0.3) is 0 Å². The summed E-state index contributed by atoms with van der Waals surface area (Å²) in [5.41, 5.74) is 2.30. The molecule has 14 heteroatoms. The van der Waals surface area contributed by atoms with Gasteiger partial charge in [-0.3, -0.25) is 19.3 Å². The van der Waals surface area contributed by atoms with Crippen molar-refractivity contribution in [3.8, 4) is 0 Å². The van der Waals surface area contributed by atoms with E-state index >= 15 is 0 Å². The first-order valence-electron chi connectivity index (χ1n) is 20.3. The van der Waals surface area contributed by atoms with Gasteiger partial charge in [0.15, 0.2) is 5.13 Å². The van der Waals surface area contributed by atoms with Crippen LogP contribution in [0, 0.1) is 5.41 Å². The summed E-state index contributed by atoms with van der Waals surface area (Å²) in [7, 11) is 1.86. The maximum atomic E-state index is 13.9. The van der Waals surface area contributed by atoms with Crippen LogP contribution in [0.4, 0.5) is 16.6 Å². The summed E-state index contributed by atoms with van der Waals surface area (Å²) in [4.78, 5) is 63.5. The molecule has 1 atom stereocenters. The largest absolute Gasteiger partial charge is 0.379 e. The lowest BCUT2D eigenvalue weighted by Crippen LogP contribution is -2.51. The third kappa shape index (κ3) is 13.0. The molecule has 2 amide bonds. The first-order valence-corrected chi connectivity index (χ1v) is 21.2.